The van der Waals surface area contributed by atoms with Crippen LogP contribution in [0.2, 0.25) is 0 Å². The van der Waals surface area contributed by atoms with Crippen LogP contribution in [0.4, 0.5) is 0 Å². The van der Waals surface area contributed by atoms with Gasteiger partial charge in [-0.05, 0) is 31.6 Å². The highest BCUT2D eigenvalue weighted by Crippen LogP contribution is 2.42. The summed E-state index contributed by atoms with van der Waals surface area (Å²) in [5, 5.41) is 3.14. The summed E-state index contributed by atoms with van der Waals surface area (Å²) in [5.41, 5.74) is 0.231. The van der Waals surface area contributed by atoms with Crippen LogP contribution in [0.15, 0.2) is 0 Å². The molecule has 1 unspecified atom stereocenters. The van der Waals surface area contributed by atoms with Gasteiger partial charge in [0, 0.05) is 12.0 Å². The zero-order valence-corrected chi connectivity index (χ0v) is 7.02. The van der Waals surface area contributed by atoms with E-state index in [9.17, 15) is 4.79 Å². The first-order valence-corrected chi connectivity index (χ1v) is 4.54. The number of amides is 1. The minimum atomic E-state index is 0.231. The maximum atomic E-state index is 11.1. The second kappa shape index (κ2) is 2.23. The van der Waals surface area contributed by atoms with Crippen LogP contribution in [0.5, 0.6) is 0 Å². The van der Waals surface area contributed by atoms with Crippen molar-refractivity contribution < 1.29 is 4.79 Å². The van der Waals surface area contributed by atoms with Crippen LogP contribution in [0.25, 0.3) is 0 Å². The molecule has 1 N–H and O–H groups in total. The molecule has 2 nitrogen and oxygen atoms in total. The van der Waals surface area contributed by atoms with Gasteiger partial charge in [-0.25, -0.2) is 0 Å². The van der Waals surface area contributed by atoms with E-state index >= 15 is 0 Å². The predicted molar refractivity (Wildman–Crippen MR) is 43.1 cm³/mol. The van der Waals surface area contributed by atoms with E-state index in [2.05, 4.69) is 12.2 Å². The van der Waals surface area contributed by atoms with Crippen molar-refractivity contribution in [2.24, 2.45) is 5.92 Å². The summed E-state index contributed by atoms with van der Waals surface area (Å²) in [7, 11) is 0. The fourth-order valence-corrected chi connectivity index (χ4v) is 2.26. The van der Waals surface area contributed by atoms with Crippen LogP contribution in [0.3, 0.4) is 0 Å². The van der Waals surface area contributed by atoms with E-state index in [0.29, 0.717) is 5.92 Å². The fourth-order valence-electron chi connectivity index (χ4n) is 2.26. The molecule has 2 aliphatic rings. The third-order valence-corrected chi connectivity index (χ3v) is 3.38. The molecule has 1 atom stereocenters. The second-order valence-electron chi connectivity index (χ2n) is 4.00. The Balaban J connectivity index is 2.10. The molecule has 1 heterocycles. The Hall–Kier alpha value is -0.530. The van der Waals surface area contributed by atoms with Gasteiger partial charge in [0.05, 0.1) is 0 Å². The van der Waals surface area contributed by atoms with Gasteiger partial charge in [0.15, 0.2) is 0 Å². The van der Waals surface area contributed by atoms with E-state index in [1.807, 2.05) is 0 Å². The fraction of sp³-hybridized carbons (Fsp3) is 0.889. The summed E-state index contributed by atoms with van der Waals surface area (Å²) in [6.07, 6.45) is 5.54. The molecule has 0 aromatic heterocycles. The third kappa shape index (κ3) is 0.959. The normalized spacial score (nSPS) is 34.6. The minimum absolute atomic E-state index is 0.231. The van der Waals surface area contributed by atoms with E-state index in [0.717, 1.165) is 12.8 Å². The minimum Gasteiger partial charge on any atom is -0.350 e. The lowest BCUT2D eigenvalue weighted by molar-refractivity contribution is -0.128. The van der Waals surface area contributed by atoms with E-state index in [1.54, 1.807) is 0 Å². The maximum Gasteiger partial charge on any atom is 0.220 e. The van der Waals surface area contributed by atoms with E-state index < -0.39 is 0 Å². The molecule has 11 heavy (non-hydrogen) atoms. The Morgan fingerprint density at radius 3 is 2.73 bits per heavy atom. The van der Waals surface area contributed by atoms with Gasteiger partial charge in [0.1, 0.15) is 0 Å². The standard InChI is InChI=1S/C9H15NO/c1-7-3-4-8(11)10-9(7)5-2-6-9/h7H,2-6H2,1H3,(H,10,11). The lowest BCUT2D eigenvalue weighted by Gasteiger charge is -2.49. The summed E-state index contributed by atoms with van der Waals surface area (Å²) >= 11 is 0. The highest BCUT2D eigenvalue weighted by atomic mass is 16.1. The van der Waals surface area contributed by atoms with Crippen molar-refractivity contribution in [1.29, 1.82) is 0 Å². The van der Waals surface area contributed by atoms with Crippen LogP contribution in [0, 0.1) is 5.92 Å². The van der Waals surface area contributed by atoms with Crippen LogP contribution in [0.1, 0.15) is 39.0 Å². The average molecular weight is 153 g/mol. The monoisotopic (exact) mass is 153 g/mol. The smallest absolute Gasteiger partial charge is 0.220 e. The summed E-state index contributed by atoms with van der Waals surface area (Å²) in [6, 6.07) is 0. The average Bonchev–Trinajstić information content (AvgIpc) is 1.91. The van der Waals surface area contributed by atoms with Crippen molar-refractivity contribution in [1.82, 2.24) is 5.32 Å². The number of hydrogen-bond acceptors (Lipinski definition) is 1. The van der Waals surface area contributed by atoms with Crippen LogP contribution in [-0.2, 0) is 4.79 Å². The maximum absolute atomic E-state index is 11.1. The number of piperidine rings is 1. The van der Waals surface area contributed by atoms with Gasteiger partial charge in [-0.2, -0.15) is 0 Å². The number of carbonyl (C=O) groups is 1. The first-order valence-electron chi connectivity index (χ1n) is 4.54. The molecule has 62 valence electrons. The largest absolute Gasteiger partial charge is 0.350 e. The van der Waals surface area contributed by atoms with Gasteiger partial charge in [-0.3, -0.25) is 4.79 Å². The van der Waals surface area contributed by atoms with Gasteiger partial charge in [-0.15, -0.1) is 0 Å². The molecule has 0 bridgehead atoms. The molecule has 1 spiro atoms. The topological polar surface area (TPSA) is 29.1 Å². The van der Waals surface area contributed by atoms with Crippen LogP contribution in [-0.4, -0.2) is 11.4 Å². The summed E-state index contributed by atoms with van der Waals surface area (Å²) in [6.45, 7) is 2.26. The van der Waals surface area contributed by atoms with Gasteiger partial charge < -0.3 is 5.32 Å². The molecule has 1 amide bonds. The quantitative estimate of drug-likeness (QED) is 0.560. The highest BCUT2D eigenvalue weighted by Gasteiger charge is 2.45. The third-order valence-electron chi connectivity index (χ3n) is 3.38. The Morgan fingerprint density at radius 1 is 1.55 bits per heavy atom. The lowest BCUT2D eigenvalue weighted by Crippen LogP contribution is -2.60. The number of rotatable bonds is 0. The van der Waals surface area contributed by atoms with E-state index in [4.69, 9.17) is 0 Å². The summed E-state index contributed by atoms with van der Waals surface area (Å²) in [5.74, 6) is 0.969. The molecular weight excluding hydrogens is 138 g/mol. The van der Waals surface area contributed by atoms with Crippen molar-refractivity contribution in [3.8, 4) is 0 Å². The molecule has 2 fully saturated rings. The van der Waals surface area contributed by atoms with E-state index in [1.165, 1.54) is 19.3 Å². The number of hydrogen-bond donors (Lipinski definition) is 1. The van der Waals surface area contributed by atoms with Gasteiger partial charge in [0.25, 0.3) is 0 Å². The van der Waals surface area contributed by atoms with Crippen molar-refractivity contribution in [2.75, 3.05) is 0 Å². The first kappa shape index (κ1) is 7.14. The second-order valence-corrected chi connectivity index (χ2v) is 4.00. The highest BCUT2D eigenvalue weighted by molar-refractivity contribution is 5.78. The molecule has 1 aliphatic carbocycles. The van der Waals surface area contributed by atoms with Gasteiger partial charge in [0.2, 0.25) is 5.91 Å². The predicted octanol–water partition coefficient (Wildman–Crippen LogP) is 1.46. The Kier molecular flexibility index (Phi) is 1.44. The summed E-state index contributed by atoms with van der Waals surface area (Å²) in [4.78, 5) is 11.1. The number of nitrogens with one attached hydrogen (secondary N) is 1. The van der Waals surface area contributed by atoms with Crippen molar-refractivity contribution in [2.45, 2.75) is 44.6 Å². The molecule has 1 saturated carbocycles. The molecule has 1 aliphatic heterocycles. The Bertz CT molecular complexity index is 184. The molecule has 0 aromatic rings. The van der Waals surface area contributed by atoms with Crippen molar-refractivity contribution in [3.05, 3.63) is 0 Å². The molecule has 0 aromatic carbocycles. The van der Waals surface area contributed by atoms with E-state index in [-0.39, 0.29) is 11.4 Å². The molecule has 0 radical (unpaired) electrons. The van der Waals surface area contributed by atoms with Gasteiger partial charge >= 0.3 is 0 Å². The lowest BCUT2D eigenvalue weighted by atomic mass is 9.65. The van der Waals surface area contributed by atoms with Crippen molar-refractivity contribution in [3.63, 3.8) is 0 Å². The molecule has 1 saturated heterocycles. The molecule has 2 heteroatoms. The zero-order valence-electron chi connectivity index (χ0n) is 7.02. The SMILES string of the molecule is CC1CCC(=O)NC12CCC2. The first-order chi connectivity index (χ1) is 5.23. The van der Waals surface area contributed by atoms with Gasteiger partial charge in [-0.1, -0.05) is 6.92 Å². The Morgan fingerprint density at radius 2 is 2.27 bits per heavy atom. The summed E-state index contributed by atoms with van der Waals surface area (Å²) < 4.78 is 0. The molecular formula is C9H15NO. The van der Waals surface area contributed by atoms with Crippen LogP contribution < -0.4 is 5.32 Å². The van der Waals surface area contributed by atoms with Crippen LogP contribution >= 0.6 is 0 Å². The number of carbonyl (C=O) groups excluding carboxylic acids is 1. The Labute approximate surface area is 67.4 Å². The zero-order chi connectivity index (χ0) is 7.90. The van der Waals surface area contributed by atoms with Crippen molar-refractivity contribution >= 4 is 5.91 Å². The molecule has 2 rings (SSSR count).